The summed E-state index contributed by atoms with van der Waals surface area (Å²) in [5.41, 5.74) is 2.64. The van der Waals surface area contributed by atoms with Crippen molar-refractivity contribution in [1.29, 1.82) is 0 Å². The number of urea groups is 4. The number of pyridine rings is 3. The molecule has 0 radical (unpaired) electrons. The highest BCUT2D eigenvalue weighted by atomic mass is 35.5. The van der Waals surface area contributed by atoms with Gasteiger partial charge in [-0.25, -0.2) is 19.2 Å². The number of amides is 11. The Labute approximate surface area is 728 Å². The molecule has 0 bridgehead atoms. The smallest absolute Gasteiger partial charge is 0.417 e. The summed E-state index contributed by atoms with van der Waals surface area (Å²) in [5, 5.41) is 26.9. The molecule has 12 rings (SSSR count). The highest BCUT2D eigenvalue weighted by Gasteiger charge is 2.36. The minimum absolute atomic E-state index is 0.0278. The van der Waals surface area contributed by atoms with Crippen molar-refractivity contribution in [3.05, 3.63) is 314 Å². The second kappa shape index (κ2) is 43.9. The summed E-state index contributed by atoms with van der Waals surface area (Å²) < 4.78 is 140. The number of aryl methyl sites for hydroxylation is 3. The lowest BCUT2D eigenvalue weighted by molar-refractivity contribution is -0.138. The van der Waals surface area contributed by atoms with Crippen molar-refractivity contribution in [3.63, 3.8) is 0 Å². The van der Waals surface area contributed by atoms with Crippen LogP contribution in [0.25, 0.3) is 0 Å². The number of halogens is 13. The number of carbonyl (C=O) groups is 7. The highest BCUT2D eigenvalue weighted by Crippen LogP contribution is 2.40. The number of aromatic nitrogens is 3. The molecule has 0 aliphatic carbocycles. The van der Waals surface area contributed by atoms with Crippen molar-refractivity contribution >= 4 is 134 Å². The van der Waals surface area contributed by atoms with Crippen LogP contribution in [0, 0.1) is 6.92 Å². The molecule has 0 saturated carbocycles. The molecule has 11 amide bonds. The van der Waals surface area contributed by atoms with Crippen molar-refractivity contribution in [2.45, 2.75) is 52.1 Å². The average Bonchev–Trinajstić information content (AvgIpc) is 0.830. The van der Waals surface area contributed by atoms with E-state index in [0.717, 1.165) is 60.4 Å². The topological polar surface area (TPSA) is 327 Å². The first-order valence-corrected chi connectivity index (χ1v) is 38.4. The molecule has 0 fully saturated rings. The molecule has 0 aliphatic heterocycles. The Morgan fingerprint density at radius 2 is 0.600 bits per heavy atom. The highest BCUT2D eigenvalue weighted by molar-refractivity contribution is 6.32. The molecule has 9 aromatic carbocycles. The molecule has 25 nitrogen and oxygen atoms in total. The first kappa shape index (κ1) is 94.5. The number of nitrogens with zero attached hydrogens (tertiary/aromatic N) is 3. The molecular formula is C87H73Cl4F9N14O11. The van der Waals surface area contributed by atoms with Crippen LogP contribution in [0.4, 0.5) is 104 Å². The fourth-order valence-corrected chi connectivity index (χ4v) is 11.7. The van der Waals surface area contributed by atoms with Crippen molar-refractivity contribution < 1.29 is 92.0 Å². The second-order valence-electron chi connectivity index (χ2n) is 25.9. The van der Waals surface area contributed by atoms with Gasteiger partial charge in [0.2, 0.25) is 0 Å². The fraction of sp³-hybridized carbons (Fsp3) is 0.126. The molecule has 0 saturated heterocycles. The van der Waals surface area contributed by atoms with Crippen molar-refractivity contribution in [2.24, 2.45) is 0 Å². The predicted molar refractivity (Wildman–Crippen MR) is 460 cm³/mol. The molecule has 3 heterocycles. The lowest BCUT2D eigenvalue weighted by atomic mass is 10.1. The quantitative estimate of drug-likeness (QED) is 0.0298. The summed E-state index contributed by atoms with van der Waals surface area (Å²) in [7, 11) is 4.52. The Morgan fingerprint density at radius 1 is 0.312 bits per heavy atom. The number of hydrogen-bond donors (Lipinski definition) is 11. The zero-order valence-electron chi connectivity index (χ0n) is 66.3. The van der Waals surface area contributed by atoms with Gasteiger partial charge in [0.25, 0.3) is 17.7 Å². The van der Waals surface area contributed by atoms with E-state index in [1.54, 1.807) is 134 Å². The van der Waals surface area contributed by atoms with Crippen LogP contribution in [-0.4, -0.2) is 77.9 Å². The Morgan fingerprint density at radius 3 is 0.912 bits per heavy atom. The summed E-state index contributed by atoms with van der Waals surface area (Å²) in [4.78, 5) is 95.6. The fourth-order valence-electron chi connectivity index (χ4n) is 10.8. The Hall–Kier alpha value is -14.4. The van der Waals surface area contributed by atoms with Gasteiger partial charge < -0.3 is 77.4 Å². The van der Waals surface area contributed by atoms with Crippen molar-refractivity contribution in [3.8, 4) is 46.0 Å². The summed E-state index contributed by atoms with van der Waals surface area (Å²) in [6, 6.07) is 53.7. The van der Waals surface area contributed by atoms with Crippen molar-refractivity contribution in [2.75, 3.05) is 63.7 Å². The van der Waals surface area contributed by atoms with Gasteiger partial charge in [-0.3, -0.25) is 29.3 Å². The summed E-state index contributed by atoms with van der Waals surface area (Å²) in [6.45, 7) is 5.80. The number of rotatable bonds is 21. The molecule has 0 aliphatic rings. The molecule has 648 valence electrons. The molecule has 12 aromatic rings. The normalized spacial score (nSPS) is 10.8. The molecule has 0 spiro atoms. The van der Waals surface area contributed by atoms with Gasteiger partial charge in [-0.15, -0.1) is 0 Å². The van der Waals surface area contributed by atoms with Gasteiger partial charge in [0.15, 0.2) is 0 Å². The van der Waals surface area contributed by atoms with Crippen LogP contribution in [0.15, 0.2) is 243 Å². The van der Waals surface area contributed by atoms with Gasteiger partial charge in [0.05, 0.1) is 31.8 Å². The molecule has 11 N–H and O–H groups in total. The van der Waals surface area contributed by atoms with Gasteiger partial charge in [0.1, 0.15) is 63.1 Å². The average molecular weight is 1800 g/mol. The Balaban J connectivity index is 0.000000189. The Kier molecular flexibility index (Phi) is 33.2. The van der Waals surface area contributed by atoms with Crippen LogP contribution >= 0.6 is 46.4 Å². The first-order chi connectivity index (χ1) is 59.4. The lowest BCUT2D eigenvalue weighted by Gasteiger charge is -2.13. The van der Waals surface area contributed by atoms with E-state index in [4.69, 9.17) is 65.4 Å². The van der Waals surface area contributed by atoms with E-state index in [0.29, 0.717) is 85.0 Å². The van der Waals surface area contributed by atoms with E-state index in [1.165, 1.54) is 70.1 Å². The van der Waals surface area contributed by atoms with Gasteiger partial charge in [-0.2, -0.15) is 39.5 Å². The van der Waals surface area contributed by atoms with Gasteiger partial charge in [-0.1, -0.05) is 72.4 Å². The second-order valence-corrected chi connectivity index (χ2v) is 27.5. The van der Waals surface area contributed by atoms with E-state index in [-0.39, 0.29) is 57.9 Å². The number of carbonyl (C=O) groups excluding carboxylic acids is 7. The van der Waals surface area contributed by atoms with Gasteiger partial charge in [0, 0.05) is 108 Å². The van der Waals surface area contributed by atoms with E-state index in [1.807, 2.05) is 37.3 Å². The molecule has 0 unspecified atom stereocenters. The van der Waals surface area contributed by atoms with Crippen LogP contribution in [-0.2, 0) is 31.4 Å². The third kappa shape index (κ3) is 29.2. The zero-order chi connectivity index (χ0) is 90.7. The minimum atomic E-state index is -4.64. The van der Waals surface area contributed by atoms with Crippen LogP contribution in [0.1, 0.15) is 78.7 Å². The maximum Gasteiger partial charge on any atom is 0.417 e. The van der Waals surface area contributed by atoms with E-state index in [2.05, 4.69) is 80.4 Å². The number of ether oxygens (including phenoxy) is 4. The summed E-state index contributed by atoms with van der Waals surface area (Å²) in [6.07, 6.45) is -7.85. The maximum absolute atomic E-state index is 13.0. The monoisotopic (exact) mass is 1800 g/mol. The number of hydrogen-bond acceptors (Lipinski definition) is 14. The van der Waals surface area contributed by atoms with Gasteiger partial charge in [-0.05, 0) is 231 Å². The maximum atomic E-state index is 13.0. The first-order valence-electron chi connectivity index (χ1n) is 36.9. The lowest BCUT2D eigenvalue weighted by Crippen LogP contribution is -2.20. The number of nitrogens with one attached hydrogen (secondary N) is 11. The third-order valence-corrected chi connectivity index (χ3v) is 18.2. The molecule has 3 aromatic heterocycles. The predicted octanol–water partition coefficient (Wildman–Crippen LogP) is 23.9. The van der Waals surface area contributed by atoms with E-state index >= 15 is 0 Å². The number of alkyl halides is 9. The van der Waals surface area contributed by atoms with E-state index < -0.39 is 68.4 Å². The largest absolute Gasteiger partial charge is 0.457 e. The summed E-state index contributed by atoms with van der Waals surface area (Å²) >= 11 is 22.8. The third-order valence-electron chi connectivity index (χ3n) is 16.9. The van der Waals surface area contributed by atoms with Crippen molar-refractivity contribution in [1.82, 2.24) is 30.9 Å². The molecule has 0 atom stereocenters. The minimum Gasteiger partial charge on any atom is -0.457 e. The van der Waals surface area contributed by atoms with Crippen LogP contribution in [0.5, 0.6) is 46.0 Å². The van der Waals surface area contributed by atoms with E-state index in [9.17, 15) is 73.1 Å². The Bertz CT molecular complexity index is 5850. The SMILES string of the molecule is CCc1cc(NC(=O)Nc2ccc(Oc3ccnc(C(=O)NC)c3)cc2)ccc1Cl.CCc1cccc(Oc2ccc(NC(=O)Nc3ccc(Cl)c(C(F)(F)F)c3)cc2)c1.CNC(=O)c1cc(Oc2ccc(NC(=O)Nc3ccc(Cl)c(C(F)(F)F)c3)cc2)ccn1.CNC(=O)c1cc(Oc2ccc(NC(=O)Nc3ccc(Cl)c(C(F)(F)F)c3)cc2C)ccn1. The number of anilines is 8. The zero-order valence-corrected chi connectivity index (χ0v) is 69.3. The molecule has 125 heavy (non-hydrogen) atoms. The van der Waals surface area contributed by atoms with Crippen LogP contribution < -0.4 is 77.4 Å². The molecular weight excluding hydrogens is 1730 g/mol. The number of benzene rings is 9. The van der Waals surface area contributed by atoms with Gasteiger partial charge >= 0.3 is 42.7 Å². The van der Waals surface area contributed by atoms with Crippen LogP contribution in [0.3, 0.4) is 0 Å². The van der Waals surface area contributed by atoms with Crippen LogP contribution in [0.2, 0.25) is 20.1 Å². The standard InChI is InChI=1S/C22H18ClF3N4O3.C22H18ClF3N2O2.C22H21ClN4O3.C21H16ClF3N4O3/c1-12-9-13(4-6-19(12)33-15-7-8-28-18(11-15)20(31)27-2)29-21(32)30-14-3-5-17(23)16(10-14)22(24,25)26;1-2-14-4-3-5-18(12-14)30-17-9-6-15(7-10-17)27-21(29)28-16-8-11-20(23)19(13-16)22(24,25)26;1-3-14-12-16(6-9-19(14)23)27-22(29)26-15-4-7-17(8-5-15)30-18-10-11-25-20(13-18)21(28)24-2;1-26-19(30)18-11-15(8-9-27-18)32-14-5-2-12(3-6-14)28-20(31)29-13-4-7-17(22)16(10-13)21(23,24)25/h3-11H,1-2H3,(H,27,31)(H2,29,30,32);3-13H,2H2,1H3,(H2,27,28,29);4-13H,3H2,1-2H3,(H,24,28)(H2,26,27,29);2-11H,1H3,(H,26,30)(H2,28,29,31). The molecule has 38 heteroatoms. The summed E-state index contributed by atoms with van der Waals surface area (Å²) in [5.74, 6) is 3.01.